The monoisotopic (exact) mass is 467 g/mol. The van der Waals surface area contributed by atoms with Crippen LogP contribution in [0.15, 0.2) is 56.9 Å². The maximum atomic E-state index is 13.2. The smallest absolute Gasteiger partial charge is 0.330 e. The second-order valence-electron chi connectivity index (χ2n) is 8.49. The normalized spacial score (nSPS) is 11.8. The van der Waals surface area contributed by atoms with Crippen molar-refractivity contribution in [1.82, 2.24) is 9.13 Å². The van der Waals surface area contributed by atoms with Gasteiger partial charge in [0.25, 0.3) is 5.56 Å². The number of nitrogens with zero attached hydrogens (tertiary/aromatic N) is 2. The SMILES string of the molecule is CC(C)Cn1c(=O)n(C)c(=O)c2c(SCCCN)c(Cc3cccc4ccccc34)sc21. The van der Waals surface area contributed by atoms with E-state index in [0.717, 1.165) is 33.2 Å². The second kappa shape index (κ2) is 9.65. The molecule has 0 amide bonds. The fourth-order valence-electron chi connectivity index (χ4n) is 4.02. The van der Waals surface area contributed by atoms with Crippen LogP contribution in [0, 0.1) is 5.92 Å². The van der Waals surface area contributed by atoms with Crippen molar-refractivity contribution in [2.45, 2.75) is 38.1 Å². The summed E-state index contributed by atoms with van der Waals surface area (Å²) in [6, 6.07) is 14.7. The fourth-order valence-corrected chi connectivity index (χ4v) is 6.68. The molecule has 2 heterocycles. The first kappa shape index (κ1) is 22.8. The molecule has 0 atom stereocenters. The number of rotatable bonds is 8. The van der Waals surface area contributed by atoms with E-state index in [9.17, 15) is 9.59 Å². The molecule has 168 valence electrons. The number of benzene rings is 2. The lowest BCUT2D eigenvalue weighted by Crippen LogP contribution is -2.38. The van der Waals surface area contributed by atoms with Crippen LogP contribution in [-0.4, -0.2) is 21.4 Å². The molecule has 7 heteroatoms. The minimum atomic E-state index is -0.243. The Hall–Kier alpha value is -2.35. The van der Waals surface area contributed by atoms with Gasteiger partial charge in [-0.1, -0.05) is 56.3 Å². The van der Waals surface area contributed by atoms with Gasteiger partial charge in [-0.2, -0.15) is 0 Å². The molecule has 4 rings (SSSR count). The molecular formula is C25H29N3O2S2. The summed E-state index contributed by atoms with van der Waals surface area (Å²) in [6.45, 7) is 5.38. The average Bonchev–Trinajstić information content (AvgIpc) is 3.13. The van der Waals surface area contributed by atoms with E-state index >= 15 is 0 Å². The highest BCUT2D eigenvalue weighted by Crippen LogP contribution is 2.38. The standard InChI is InChI=1S/C25H29N3O2S2/c1-16(2)15-28-24-21(23(29)27(3)25(28)30)22(31-13-7-12-26)20(32-24)14-18-10-6-9-17-8-4-5-11-19(17)18/h4-6,8-11,16H,7,12-15,26H2,1-3H3. The van der Waals surface area contributed by atoms with Crippen molar-refractivity contribution in [2.75, 3.05) is 12.3 Å². The number of aromatic nitrogens is 2. The Morgan fingerprint density at radius 1 is 1.09 bits per heavy atom. The van der Waals surface area contributed by atoms with E-state index in [1.54, 1.807) is 34.7 Å². The van der Waals surface area contributed by atoms with Gasteiger partial charge in [0.2, 0.25) is 0 Å². The lowest BCUT2D eigenvalue weighted by Gasteiger charge is -2.11. The zero-order valence-corrected chi connectivity index (χ0v) is 20.4. The van der Waals surface area contributed by atoms with E-state index in [4.69, 9.17) is 5.73 Å². The maximum Gasteiger partial charge on any atom is 0.331 e. The van der Waals surface area contributed by atoms with Crippen molar-refractivity contribution in [3.8, 4) is 0 Å². The topological polar surface area (TPSA) is 70.0 Å². The van der Waals surface area contributed by atoms with Crippen molar-refractivity contribution in [2.24, 2.45) is 18.7 Å². The summed E-state index contributed by atoms with van der Waals surface area (Å²) in [6.07, 6.45) is 1.60. The molecular weight excluding hydrogens is 438 g/mol. The van der Waals surface area contributed by atoms with Gasteiger partial charge < -0.3 is 5.73 Å². The average molecular weight is 468 g/mol. The molecule has 0 saturated heterocycles. The Kier molecular flexibility index (Phi) is 6.88. The van der Waals surface area contributed by atoms with Gasteiger partial charge in [0.05, 0.1) is 5.39 Å². The van der Waals surface area contributed by atoms with E-state index in [0.29, 0.717) is 24.4 Å². The molecule has 0 saturated carbocycles. The summed E-state index contributed by atoms with van der Waals surface area (Å²) >= 11 is 3.28. The third-order valence-corrected chi connectivity index (χ3v) is 8.14. The highest BCUT2D eigenvalue weighted by Gasteiger charge is 2.22. The Labute approximate surface area is 195 Å². The lowest BCUT2D eigenvalue weighted by molar-refractivity contribution is 0.504. The summed E-state index contributed by atoms with van der Waals surface area (Å²) in [7, 11) is 1.58. The Bertz CT molecular complexity index is 1380. The molecule has 0 aliphatic heterocycles. The number of fused-ring (bicyclic) bond motifs is 2. The molecule has 4 aromatic rings. The van der Waals surface area contributed by atoms with Crippen molar-refractivity contribution < 1.29 is 0 Å². The molecule has 0 unspecified atom stereocenters. The van der Waals surface area contributed by atoms with E-state index in [2.05, 4.69) is 50.2 Å². The van der Waals surface area contributed by atoms with Crippen molar-refractivity contribution in [1.29, 1.82) is 0 Å². The van der Waals surface area contributed by atoms with Gasteiger partial charge in [-0.15, -0.1) is 23.1 Å². The van der Waals surface area contributed by atoms with Gasteiger partial charge in [0.1, 0.15) is 4.83 Å². The van der Waals surface area contributed by atoms with Gasteiger partial charge in [0.15, 0.2) is 0 Å². The van der Waals surface area contributed by atoms with Crippen LogP contribution in [0.5, 0.6) is 0 Å². The van der Waals surface area contributed by atoms with Gasteiger partial charge in [-0.25, -0.2) is 4.79 Å². The van der Waals surface area contributed by atoms with Gasteiger partial charge >= 0.3 is 5.69 Å². The van der Waals surface area contributed by atoms with Crippen LogP contribution in [-0.2, 0) is 20.0 Å². The van der Waals surface area contributed by atoms with Crippen LogP contribution in [0.3, 0.4) is 0 Å². The quantitative estimate of drug-likeness (QED) is 0.304. The largest absolute Gasteiger partial charge is 0.331 e. The lowest BCUT2D eigenvalue weighted by atomic mass is 10.0. The van der Waals surface area contributed by atoms with E-state index in [1.807, 2.05) is 6.07 Å². The first-order valence-corrected chi connectivity index (χ1v) is 12.8. The first-order chi connectivity index (χ1) is 15.4. The minimum Gasteiger partial charge on any atom is -0.330 e. The molecule has 2 aromatic heterocycles. The zero-order chi connectivity index (χ0) is 22.8. The van der Waals surface area contributed by atoms with Gasteiger partial charge in [-0.05, 0) is 41.0 Å². The zero-order valence-electron chi connectivity index (χ0n) is 18.8. The van der Waals surface area contributed by atoms with Crippen LogP contribution in [0.4, 0.5) is 0 Å². The molecule has 0 aliphatic carbocycles. The number of hydrogen-bond donors (Lipinski definition) is 1. The Morgan fingerprint density at radius 2 is 1.84 bits per heavy atom. The van der Waals surface area contributed by atoms with E-state index < -0.39 is 0 Å². The maximum absolute atomic E-state index is 13.2. The second-order valence-corrected chi connectivity index (χ2v) is 10.7. The van der Waals surface area contributed by atoms with E-state index in [1.165, 1.54) is 20.9 Å². The molecule has 2 aromatic carbocycles. The summed E-state index contributed by atoms with van der Waals surface area (Å²) < 4.78 is 3.04. The van der Waals surface area contributed by atoms with Gasteiger partial charge in [0, 0.05) is 29.8 Å². The van der Waals surface area contributed by atoms with Crippen LogP contribution < -0.4 is 17.0 Å². The van der Waals surface area contributed by atoms with Crippen LogP contribution in [0.1, 0.15) is 30.7 Å². The Morgan fingerprint density at radius 3 is 2.59 bits per heavy atom. The number of thioether (sulfide) groups is 1. The fraction of sp³-hybridized carbons (Fsp3) is 0.360. The Balaban J connectivity index is 1.94. The van der Waals surface area contributed by atoms with Crippen molar-refractivity contribution in [3.63, 3.8) is 0 Å². The van der Waals surface area contributed by atoms with Crippen LogP contribution in [0.25, 0.3) is 21.0 Å². The molecule has 0 spiro atoms. The molecule has 0 fully saturated rings. The summed E-state index contributed by atoms with van der Waals surface area (Å²) in [4.78, 5) is 29.1. The molecule has 5 nitrogen and oxygen atoms in total. The van der Waals surface area contributed by atoms with E-state index in [-0.39, 0.29) is 11.2 Å². The van der Waals surface area contributed by atoms with Crippen molar-refractivity contribution >= 4 is 44.1 Å². The predicted octanol–water partition coefficient (Wildman–Crippen LogP) is 4.60. The first-order valence-electron chi connectivity index (χ1n) is 11.0. The number of nitrogens with two attached hydrogens (primary N) is 1. The molecule has 0 radical (unpaired) electrons. The van der Waals surface area contributed by atoms with Crippen molar-refractivity contribution in [3.05, 3.63) is 73.7 Å². The summed E-state index contributed by atoms with van der Waals surface area (Å²) in [5.74, 6) is 1.14. The van der Waals surface area contributed by atoms with Gasteiger partial charge in [-0.3, -0.25) is 13.9 Å². The summed E-state index contributed by atoms with van der Waals surface area (Å²) in [5, 5.41) is 3.10. The minimum absolute atomic E-state index is 0.208. The molecule has 32 heavy (non-hydrogen) atoms. The molecule has 2 N–H and O–H groups in total. The molecule has 0 aliphatic rings. The van der Waals surface area contributed by atoms with Crippen LogP contribution >= 0.6 is 23.1 Å². The molecule has 0 bridgehead atoms. The highest BCUT2D eigenvalue weighted by atomic mass is 32.2. The third-order valence-electron chi connectivity index (χ3n) is 5.57. The highest BCUT2D eigenvalue weighted by molar-refractivity contribution is 7.99. The number of hydrogen-bond acceptors (Lipinski definition) is 5. The number of thiophene rings is 1. The third kappa shape index (κ3) is 4.29. The predicted molar refractivity (Wildman–Crippen MR) is 137 cm³/mol. The van der Waals surface area contributed by atoms with Crippen LogP contribution in [0.2, 0.25) is 0 Å². The summed E-state index contributed by atoms with van der Waals surface area (Å²) in [5.41, 5.74) is 6.51.